The minimum absolute atomic E-state index is 0.0734. The van der Waals surface area contributed by atoms with Gasteiger partial charge in [0.15, 0.2) is 0 Å². The van der Waals surface area contributed by atoms with E-state index in [1.54, 1.807) is 0 Å². The van der Waals surface area contributed by atoms with Crippen molar-refractivity contribution >= 4 is 0 Å². The van der Waals surface area contributed by atoms with E-state index in [1.165, 1.54) is 38.5 Å². The van der Waals surface area contributed by atoms with E-state index >= 15 is 0 Å². The third-order valence-corrected chi connectivity index (χ3v) is 3.86. The molecule has 0 radical (unpaired) electrons. The molecule has 2 unspecified atom stereocenters. The third kappa shape index (κ3) is 4.06. The second kappa shape index (κ2) is 6.61. The molecule has 0 amide bonds. The predicted octanol–water partition coefficient (Wildman–Crippen LogP) is 3.36. The van der Waals surface area contributed by atoms with Crippen LogP contribution in [0, 0.1) is 5.92 Å². The van der Waals surface area contributed by atoms with Crippen LogP contribution in [0.5, 0.6) is 0 Å². The Morgan fingerprint density at radius 3 is 2.50 bits per heavy atom. The van der Waals surface area contributed by atoms with Crippen molar-refractivity contribution in [2.75, 3.05) is 13.7 Å². The van der Waals surface area contributed by atoms with Gasteiger partial charge in [0.05, 0.1) is 5.60 Å². The van der Waals surface area contributed by atoms with E-state index in [-0.39, 0.29) is 5.60 Å². The van der Waals surface area contributed by atoms with E-state index < -0.39 is 0 Å². The van der Waals surface area contributed by atoms with Crippen LogP contribution >= 0.6 is 0 Å². The highest BCUT2D eigenvalue weighted by Gasteiger charge is 2.35. The molecule has 2 nitrogen and oxygen atoms in total. The molecule has 1 aliphatic heterocycles. The number of nitrogens with one attached hydrogen (secondary N) is 1. The molecule has 0 aliphatic carbocycles. The molecule has 96 valence electrons. The lowest BCUT2D eigenvalue weighted by Gasteiger charge is -2.40. The Balaban J connectivity index is 2.39. The van der Waals surface area contributed by atoms with Gasteiger partial charge < -0.3 is 10.1 Å². The smallest absolute Gasteiger partial charge is 0.0806 e. The highest BCUT2D eigenvalue weighted by Crippen LogP contribution is 2.30. The van der Waals surface area contributed by atoms with Crippen molar-refractivity contribution in [3.8, 4) is 0 Å². The molecule has 0 spiro atoms. The molecule has 2 atom stereocenters. The monoisotopic (exact) mass is 227 g/mol. The van der Waals surface area contributed by atoms with Crippen LogP contribution in [-0.4, -0.2) is 25.3 Å². The summed E-state index contributed by atoms with van der Waals surface area (Å²) < 4.78 is 6.01. The molecule has 0 aromatic carbocycles. The minimum Gasteiger partial charge on any atom is -0.374 e. The molecule has 0 bridgehead atoms. The van der Waals surface area contributed by atoms with E-state index in [0.717, 1.165) is 12.5 Å². The molecule has 1 rings (SSSR count). The summed E-state index contributed by atoms with van der Waals surface area (Å²) in [4.78, 5) is 0. The quantitative estimate of drug-likeness (QED) is 0.751. The molecule has 1 saturated heterocycles. The first-order valence-electron chi connectivity index (χ1n) is 6.89. The summed E-state index contributed by atoms with van der Waals surface area (Å²) in [5.41, 5.74) is 0.0734. The van der Waals surface area contributed by atoms with Crippen LogP contribution in [0.3, 0.4) is 0 Å². The van der Waals surface area contributed by atoms with Crippen LogP contribution in [0.15, 0.2) is 0 Å². The van der Waals surface area contributed by atoms with Crippen molar-refractivity contribution in [3.63, 3.8) is 0 Å². The number of rotatable bonds is 6. The van der Waals surface area contributed by atoms with Crippen LogP contribution < -0.4 is 5.32 Å². The van der Waals surface area contributed by atoms with Crippen molar-refractivity contribution in [2.45, 2.75) is 70.9 Å². The van der Waals surface area contributed by atoms with Gasteiger partial charge in [-0.3, -0.25) is 0 Å². The Kier molecular flexibility index (Phi) is 5.77. The van der Waals surface area contributed by atoms with Gasteiger partial charge in [-0.1, -0.05) is 26.7 Å². The van der Waals surface area contributed by atoms with Crippen molar-refractivity contribution in [1.29, 1.82) is 0 Å². The number of hydrogen-bond donors (Lipinski definition) is 1. The predicted molar refractivity (Wildman–Crippen MR) is 69.7 cm³/mol. The van der Waals surface area contributed by atoms with Gasteiger partial charge in [-0.15, -0.1) is 0 Å². The van der Waals surface area contributed by atoms with Crippen LogP contribution in [0.1, 0.15) is 59.3 Å². The van der Waals surface area contributed by atoms with Gasteiger partial charge in [0.1, 0.15) is 0 Å². The van der Waals surface area contributed by atoms with E-state index in [2.05, 4.69) is 33.1 Å². The van der Waals surface area contributed by atoms with Crippen molar-refractivity contribution in [1.82, 2.24) is 5.32 Å². The minimum atomic E-state index is 0.0734. The first kappa shape index (κ1) is 14.0. The first-order valence-corrected chi connectivity index (χ1v) is 6.89. The maximum Gasteiger partial charge on any atom is 0.0806 e. The van der Waals surface area contributed by atoms with E-state index in [9.17, 15) is 0 Å². The SMILES string of the molecule is CNC(CCCC(C)C)C1(C)CCCCO1. The van der Waals surface area contributed by atoms with Gasteiger partial charge in [0.25, 0.3) is 0 Å². The third-order valence-electron chi connectivity index (χ3n) is 3.86. The maximum atomic E-state index is 6.01. The Hall–Kier alpha value is -0.0800. The average molecular weight is 227 g/mol. The van der Waals surface area contributed by atoms with Crippen LogP contribution in [0.4, 0.5) is 0 Å². The zero-order valence-electron chi connectivity index (χ0n) is 11.5. The van der Waals surface area contributed by atoms with Gasteiger partial charge >= 0.3 is 0 Å². The summed E-state index contributed by atoms with van der Waals surface area (Å²) in [5, 5.41) is 3.46. The molecular weight excluding hydrogens is 198 g/mol. The van der Waals surface area contributed by atoms with Crippen LogP contribution in [0.2, 0.25) is 0 Å². The molecule has 2 heteroatoms. The lowest BCUT2D eigenvalue weighted by molar-refractivity contribution is -0.0891. The average Bonchev–Trinajstić information content (AvgIpc) is 2.25. The van der Waals surface area contributed by atoms with Crippen molar-refractivity contribution in [3.05, 3.63) is 0 Å². The zero-order valence-corrected chi connectivity index (χ0v) is 11.5. The molecule has 1 N–H and O–H groups in total. The first-order chi connectivity index (χ1) is 7.58. The molecule has 0 aromatic rings. The van der Waals surface area contributed by atoms with Gasteiger partial charge in [-0.05, 0) is 45.6 Å². The number of hydrogen-bond acceptors (Lipinski definition) is 2. The van der Waals surface area contributed by atoms with E-state index in [0.29, 0.717) is 6.04 Å². The van der Waals surface area contributed by atoms with Gasteiger partial charge in [0, 0.05) is 12.6 Å². The molecule has 1 heterocycles. The normalized spacial score (nSPS) is 28.3. The number of likely N-dealkylation sites (N-methyl/N-ethyl adjacent to an activating group) is 1. The van der Waals surface area contributed by atoms with Crippen molar-refractivity contribution in [2.24, 2.45) is 5.92 Å². The molecule has 1 aliphatic rings. The summed E-state index contributed by atoms with van der Waals surface area (Å²) in [6.45, 7) is 7.82. The van der Waals surface area contributed by atoms with Crippen molar-refractivity contribution < 1.29 is 4.74 Å². The second-order valence-corrected chi connectivity index (χ2v) is 5.78. The fourth-order valence-electron chi connectivity index (χ4n) is 2.72. The summed E-state index contributed by atoms with van der Waals surface area (Å²) in [5.74, 6) is 0.817. The topological polar surface area (TPSA) is 21.3 Å². The molecular formula is C14H29NO. The molecule has 0 aromatic heterocycles. The fraction of sp³-hybridized carbons (Fsp3) is 1.00. The summed E-state index contributed by atoms with van der Waals surface area (Å²) in [6, 6.07) is 0.520. The Morgan fingerprint density at radius 1 is 1.25 bits per heavy atom. The van der Waals surface area contributed by atoms with Crippen LogP contribution in [0.25, 0.3) is 0 Å². The second-order valence-electron chi connectivity index (χ2n) is 5.78. The molecule has 1 fully saturated rings. The highest BCUT2D eigenvalue weighted by atomic mass is 16.5. The van der Waals surface area contributed by atoms with E-state index in [4.69, 9.17) is 4.74 Å². The van der Waals surface area contributed by atoms with E-state index in [1.807, 2.05) is 0 Å². The Labute approximate surface area is 101 Å². The van der Waals surface area contributed by atoms with Gasteiger partial charge in [-0.2, -0.15) is 0 Å². The number of ether oxygens (including phenoxy) is 1. The summed E-state index contributed by atoms with van der Waals surface area (Å²) >= 11 is 0. The largest absolute Gasteiger partial charge is 0.374 e. The molecule has 0 saturated carbocycles. The Bertz CT molecular complexity index is 185. The lowest BCUT2D eigenvalue weighted by Crippen LogP contribution is -2.51. The summed E-state index contributed by atoms with van der Waals surface area (Å²) in [6.07, 6.45) is 7.64. The standard InChI is InChI=1S/C14H29NO/c1-12(2)8-7-9-13(15-4)14(3)10-5-6-11-16-14/h12-13,15H,5-11H2,1-4H3. The lowest BCUT2D eigenvalue weighted by atomic mass is 9.85. The fourth-order valence-corrected chi connectivity index (χ4v) is 2.72. The van der Waals surface area contributed by atoms with Gasteiger partial charge in [0.2, 0.25) is 0 Å². The molecule has 16 heavy (non-hydrogen) atoms. The van der Waals surface area contributed by atoms with Crippen LogP contribution in [-0.2, 0) is 4.74 Å². The zero-order chi connectivity index (χ0) is 12.0. The Morgan fingerprint density at radius 2 is 2.00 bits per heavy atom. The highest BCUT2D eigenvalue weighted by molar-refractivity contribution is 4.90. The van der Waals surface area contributed by atoms with Gasteiger partial charge in [-0.25, -0.2) is 0 Å². The maximum absolute atomic E-state index is 6.01. The summed E-state index contributed by atoms with van der Waals surface area (Å²) in [7, 11) is 2.07.